The predicted octanol–water partition coefficient (Wildman–Crippen LogP) is 4.15. The van der Waals surface area contributed by atoms with Gasteiger partial charge < -0.3 is 15.0 Å². The van der Waals surface area contributed by atoms with E-state index in [4.69, 9.17) is 4.74 Å². The highest BCUT2D eigenvalue weighted by Gasteiger charge is 2.63. The number of nitrogens with one attached hydrogen (secondary N) is 2. The molecule has 2 N–H and O–H groups in total. The molecular weight excluding hydrogens is 440 g/mol. The van der Waals surface area contributed by atoms with E-state index in [1.165, 1.54) is 0 Å². The minimum Gasteiger partial charge on any atom is -0.456 e. The molecule has 4 aromatic rings. The number of rotatable bonds is 3. The zero-order chi connectivity index (χ0) is 23.6. The van der Waals surface area contributed by atoms with Crippen LogP contribution in [0, 0.1) is 0 Å². The average molecular weight is 460 g/mol. The van der Waals surface area contributed by atoms with Crippen molar-refractivity contribution in [2.24, 2.45) is 0 Å². The quantitative estimate of drug-likeness (QED) is 0.449. The number of fused-ring (bicyclic) bond motifs is 5. The van der Waals surface area contributed by atoms with Gasteiger partial charge in [0.2, 0.25) is 5.91 Å². The third kappa shape index (κ3) is 2.57. The number of cyclic esters (lactones) is 1. The molecule has 0 fully saturated rings. The van der Waals surface area contributed by atoms with E-state index in [9.17, 15) is 9.59 Å². The molecule has 0 saturated carbocycles. The van der Waals surface area contributed by atoms with Crippen molar-refractivity contribution in [3.63, 3.8) is 0 Å². The van der Waals surface area contributed by atoms with E-state index in [0.29, 0.717) is 34.9 Å². The normalized spacial score (nSPS) is 19.9. The van der Waals surface area contributed by atoms with Gasteiger partial charge in [0, 0.05) is 16.8 Å². The van der Waals surface area contributed by atoms with Crippen LogP contribution < -0.4 is 10.2 Å². The summed E-state index contributed by atoms with van der Waals surface area (Å²) in [5.41, 5.74) is 4.32. The topological polar surface area (TPSA) is 87.3 Å². The monoisotopic (exact) mass is 460 g/mol. The number of hydrogen-bond donors (Lipinski definition) is 2. The van der Waals surface area contributed by atoms with Gasteiger partial charge in [-0.25, -0.2) is 4.79 Å². The van der Waals surface area contributed by atoms with Crippen molar-refractivity contribution in [1.29, 1.82) is 0 Å². The number of benzene rings is 3. The molecule has 1 aromatic heterocycles. The Hall–Kier alpha value is -4.65. The molecule has 35 heavy (non-hydrogen) atoms. The van der Waals surface area contributed by atoms with Crippen LogP contribution in [0.2, 0.25) is 0 Å². The number of para-hydroxylation sites is 1. The Morgan fingerprint density at radius 3 is 2.43 bits per heavy atom. The van der Waals surface area contributed by atoms with Crippen molar-refractivity contribution in [1.82, 2.24) is 10.2 Å². The Morgan fingerprint density at radius 2 is 1.63 bits per heavy atom. The van der Waals surface area contributed by atoms with Gasteiger partial charge in [-0.05, 0) is 17.2 Å². The molecule has 7 heteroatoms. The van der Waals surface area contributed by atoms with Crippen molar-refractivity contribution < 1.29 is 14.3 Å². The van der Waals surface area contributed by atoms with Gasteiger partial charge in [-0.15, -0.1) is 0 Å². The molecule has 0 aliphatic carbocycles. The predicted molar refractivity (Wildman–Crippen MR) is 130 cm³/mol. The Bertz CT molecular complexity index is 1540. The van der Waals surface area contributed by atoms with Gasteiger partial charge in [0.25, 0.3) is 0 Å². The maximum atomic E-state index is 14.7. The summed E-state index contributed by atoms with van der Waals surface area (Å²) in [4.78, 5) is 29.7. The second-order valence-electron chi connectivity index (χ2n) is 8.89. The number of esters is 1. The summed E-state index contributed by atoms with van der Waals surface area (Å²) < 4.78 is 5.47. The highest BCUT2D eigenvalue weighted by Crippen LogP contribution is 2.58. The maximum absolute atomic E-state index is 14.7. The van der Waals surface area contributed by atoms with Crippen LogP contribution in [0.25, 0.3) is 11.3 Å². The standard InChI is InChI=1S/C28H20N4O3/c33-26-22-20(16-35-26)29-25-23(24(30-31-25)18-11-5-2-6-12-18)28(22)19-13-7-8-14-21(19)32(27(28)34)15-17-9-3-1-4-10-17/h1-14H,15-16H2,(H2,29,30,31). The van der Waals surface area contributed by atoms with Crippen molar-refractivity contribution in [2.45, 2.75) is 12.0 Å². The Labute approximate surface area is 201 Å². The number of carbonyl (C=O) groups is 2. The van der Waals surface area contributed by atoms with Crippen LogP contribution in [0.4, 0.5) is 11.5 Å². The Kier molecular flexibility index (Phi) is 4.05. The fourth-order valence-electron chi connectivity index (χ4n) is 5.62. The molecule has 170 valence electrons. The molecule has 1 amide bonds. The maximum Gasteiger partial charge on any atom is 0.338 e. The number of ether oxygens (including phenoxy) is 1. The van der Waals surface area contributed by atoms with Crippen LogP contribution in [0.1, 0.15) is 16.7 Å². The van der Waals surface area contributed by atoms with Gasteiger partial charge in [0.1, 0.15) is 12.0 Å². The van der Waals surface area contributed by atoms with E-state index in [1.54, 1.807) is 4.90 Å². The molecule has 0 radical (unpaired) electrons. The lowest BCUT2D eigenvalue weighted by Gasteiger charge is -2.33. The number of aromatic amines is 1. The molecule has 7 nitrogen and oxygen atoms in total. The van der Waals surface area contributed by atoms with Gasteiger partial charge in [0.15, 0.2) is 5.82 Å². The smallest absolute Gasteiger partial charge is 0.338 e. The summed E-state index contributed by atoms with van der Waals surface area (Å²) in [5, 5.41) is 11.0. The first kappa shape index (κ1) is 19.8. The number of nitrogens with zero attached hydrogens (tertiary/aromatic N) is 2. The first-order chi connectivity index (χ1) is 17.2. The highest BCUT2D eigenvalue weighted by atomic mass is 16.5. The van der Waals surface area contributed by atoms with E-state index in [0.717, 1.165) is 22.4 Å². The van der Waals surface area contributed by atoms with Gasteiger partial charge in [-0.2, -0.15) is 5.10 Å². The number of H-pyrrole nitrogens is 1. The van der Waals surface area contributed by atoms with E-state index in [-0.39, 0.29) is 12.5 Å². The molecule has 7 rings (SSSR count). The van der Waals surface area contributed by atoms with Crippen molar-refractivity contribution >= 4 is 23.4 Å². The molecule has 0 saturated heterocycles. The molecule has 0 bridgehead atoms. The first-order valence-corrected chi connectivity index (χ1v) is 11.5. The van der Waals surface area contributed by atoms with Gasteiger partial charge in [-0.3, -0.25) is 9.89 Å². The molecule has 3 aliphatic heterocycles. The number of hydrogen-bond acceptors (Lipinski definition) is 5. The Balaban J connectivity index is 1.53. The van der Waals surface area contributed by atoms with Gasteiger partial charge >= 0.3 is 5.97 Å². The van der Waals surface area contributed by atoms with Crippen LogP contribution >= 0.6 is 0 Å². The van der Waals surface area contributed by atoms with E-state index in [1.807, 2.05) is 84.9 Å². The number of anilines is 2. The summed E-state index contributed by atoms with van der Waals surface area (Å²) in [7, 11) is 0. The molecule has 3 aliphatic rings. The number of amides is 1. The van der Waals surface area contributed by atoms with Gasteiger partial charge in [-0.1, -0.05) is 78.9 Å². The zero-order valence-corrected chi connectivity index (χ0v) is 18.6. The van der Waals surface area contributed by atoms with Crippen molar-refractivity contribution in [3.8, 4) is 11.3 Å². The van der Waals surface area contributed by atoms with E-state index < -0.39 is 11.4 Å². The fraction of sp³-hybridized carbons (Fsp3) is 0.107. The van der Waals surface area contributed by atoms with Crippen LogP contribution in [0.5, 0.6) is 0 Å². The largest absolute Gasteiger partial charge is 0.456 e. The highest BCUT2D eigenvalue weighted by molar-refractivity contribution is 6.20. The second kappa shape index (κ2) is 7.17. The minimum atomic E-state index is -1.37. The summed E-state index contributed by atoms with van der Waals surface area (Å²) in [5.74, 6) is -0.135. The number of carbonyl (C=O) groups excluding carboxylic acids is 2. The van der Waals surface area contributed by atoms with Crippen molar-refractivity contribution in [3.05, 3.63) is 113 Å². The lowest BCUT2D eigenvalue weighted by molar-refractivity contribution is -0.137. The molecular formula is C28H20N4O3. The SMILES string of the molecule is O=C1OCC2=C1C1(C(=O)N(Cc3ccccc3)c3ccccc31)c1c(n[nH]c1-c1ccccc1)N2. The minimum absolute atomic E-state index is 0.0804. The first-order valence-electron chi connectivity index (χ1n) is 11.5. The van der Waals surface area contributed by atoms with Crippen LogP contribution in [-0.4, -0.2) is 28.7 Å². The summed E-state index contributed by atoms with van der Waals surface area (Å²) in [6.45, 7) is 0.467. The third-order valence-electron chi connectivity index (χ3n) is 7.05. The number of aromatic nitrogens is 2. The van der Waals surface area contributed by atoms with Crippen molar-refractivity contribution in [2.75, 3.05) is 16.8 Å². The lowest BCUT2D eigenvalue weighted by atomic mass is 9.67. The molecule has 4 heterocycles. The molecule has 1 atom stereocenters. The molecule has 3 aromatic carbocycles. The summed E-state index contributed by atoms with van der Waals surface area (Å²) in [6, 6.07) is 27.3. The van der Waals surface area contributed by atoms with Crippen LogP contribution in [0.3, 0.4) is 0 Å². The fourth-order valence-corrected chi connectivity index (χ4v) is 5.62. The lowest BCUT2D eigenvalue weighted by Crippen LogP contribution is -2.46. The van der Waals surface area contributed by atoms with E-state index >= 15 is 0 Å². The van der Waals surface area contributed by atoms with Gasteiger partial charge in [0.05, 0.1) is 23.5 Å². The Morgan fingerprint density at radius 1 is 0.914 bits per heavy atom. The van der Waals surface area contributed by atoms with Crippen LogP contribution in [0.15, 0.2) is 96.2 Å². The average Bonchev–Trinajstić information content (AvgIpc) is 3.56. The summed E-state index contributed by atoms with van der Waals surface area (Å²) in [6.07, 6.45) is 0. The summed E-state index contributed by atoms with van der Waals surface area (Å²) >= 11 is 0. The molecule has 1 spiro atoms. The second-order valence-corrected chi connectivity index (χ2v) is 8.89. The van der Waals surface area contributed by atoms with E-state index in [2.05, 4.69) is 15.5 Å². The van der Waals surface area contributed by atoms with Crippen LogP contribution in [-0.2, 0) is 26.3 Å². The molecule has 1 unspecified atom stereocenters. The third-order valence-corrected chi connectivity index (χ3v) is 7.05. The zero-order valence-electron chi connectivity index (χ0n) is 18.6.